The molecule has 4 heterocycles. The van der Waals surface area contributed by atoms with Gasteiger partial charge in [0.2, 0.25) is 6.71 Å². The fraction of sp³-hybridized carbons (Fsp3) is 0.0909. The number of pyridine rings is 2. The van der Waals surface area contributed by atoms with E-state index in [1.807, 2.05) is 86.0 Å². The van der Waals surface area contributed by atoms with Crippen molar-refractivity contribution in [3.63, 3.8) is 0 Å². The SMILES string of the molecule is Cc1ccc(-c2[c-]cccc2)nc1.Cc1ccc(-c2cnc(-c3[c-]ccc4c3Oc3cccc5c3B4c3ccccc3O5)cc2C)c(C)c1.[Ir]. The minimum absolute atomic E-state index is 0. The summed E-state index contributed by atoms with van der Waals surface area (Å²) in [5.74, 6) is 3.38. The molecule has 0 N–H and O–H groups in total. The second-order valence-corrected chi connectivity index (χ2v) is 12.7. The van der Waals surface area contributed by atoms with Gasteiger partial charge >= 0.3 is 0 Å². The van der Waals surface area contributed by atoms with E-state index >= 15 is 0 Å². The van der Waals surface area contributed by atoms with Crippen molar-refractivity contribution >= 4 is 23.1 Å². The zero-order valence-corrected chi connectivity index (χ0v) is 30.6. The van der Waals surface area contributed by atoms with Gasteiger partial charge in [-0.1, -0.05) is 71.8 Å². The molecule has 245 valence electrons. The summed E-state index contributed by atoms with van der Waals surface area (Å²) >= 11 is 0. The molecule has 9 rings (SSSR count). The smallest absolute Gasteiger partial charge is 0.241 e. The third kappa shape index (κ3) is 6.17. The predicted octanol–water partition coefficient (Wildman–Crippen LogP) is 8.72. The number of hydrogen-bond donors (Lipinski definition) is 0. The minimum Gasteiger partial charge on any atom is -0.503 e. The number of hydrogen-bond acceptors (Lipinski definition) is 4. The topological polar surface area (TPSA) is 44.2 Å². The van der Waals surface area contributed by atoms with Crippen LogP contribution in [0.2, 0.25) is 0 Å². The molecule has 0 atom stereocenters. The van der Waals surface area contributed by atoms with E-state index in [0.29, 0.717) is 0 Å². The average molecular weight is 825 g/mol. The molecule has 0 saturated carbocycles. The molecule has 2 aromatic heterocycles. The standard InChI is InChI=1S/C32H23BNO2.C12H10N.Ir/c1-19-14-15-22(20(2)16-19)24-18-34-27(17-21(24)3)23-8-6-10-26-32(23)36-30-13-7-12-29-31(30)33(26)25-9-4-5-11-28(25)35-29;1-10-7-8-12(13-9-10)11-5-3-2-4-6-11;/h4-7,9-18H,1-3H3;2-5,7-9H,1H3;/q2*-1;. The molecule has 0 aliphatic carbocycles. The van der Waals surface area contributed by atoms with Crippen LogP contribution in [0.15, 0.2) is 128 Å². The van der Waals surface area contributed by atoms with Crippen LogP contribution in [0.1, 0.15) is 22.3 Å². The van der Waals surface area contributed by atoms with Crippen molar-refractivity contribution < 1.29 is 29.6 Å². The summed E-state index contributed by atoms with van der Waals surface area (Å²) < 4.78 is 12.8. The molecule has 0 amide bonds. The molecule has 7 aromatic rings. The maximum atomic E-state index is 6.56. The average Bonchev–Trinajstić information content (AvgIpc) is 3.12. The van der Waals surface area contributed by atoms with Gasteiger partial charge in [-0.15, -0.1) is 59.6 Å². The molecule has 6 heteroatoms. The van der Waals surface area contributed by atoms with E-state index in [0.717, 1.165) is 67.5 Å². The molecule has 4 nitrogen and oxygen atoms in total. The summed E-state index contributed by atoms with van der Waals surface area (Å²) in [6.07, 6.45) is 3.85. The maximum absolute atomic E-state index is 6.56. The molecule has 0 unspecified atom stereocenters. The van der Waals surface area contributed by atoms with Crippen LogP contribution in [0.25, 0.3) is 33.6 Å². The van der Waals surface area contributed by atoms with Crippen molar-refractivity contribution in [2.24, 2.45) is 0 Å². The fourth-order valence-electron chi connectivity index (χ4n) is 6.80. The van der Waals surface area contributed by atoms with Crippen LogP contribution in [0.4, 0.5) is 0 Å². The monoisotopic (exact) mass is 825 g/mol. The Morgan fingerprint density at radius 2 is 1.30 bits per heavy atom. The maximum Gasteiger partial charge on any atom is 0.241 e. The predicted molar refractivity (Wildman–Crippen MR) is 199 cm³/mol. The second kappa shape index (κ2) is 13.9. The Kier molecular flexibility index (Phi) is 9.24. The molecule has 1 radical (unpaired) electrons. The molecule has 0 spiro atoms. The van der Waals surface area contributed by atoms with Gasteiger partial charge in [0.15, 0.2) is 0 Å². The van der Waals surface area contributed by atoms with Crippen molar-refractivity contribution in [2.45, 2.75) is 27.7 Å². The van der Waals surface area contributed by atoms with Crippen LogP contribution in [-0.2, 0) is 20.1 Å². The largest absolute Gasteiger partial charge is 0.503 e. The summed E-state index contributed by atoms with van der Waals surface area (Å²) in [4.78, 5) is 9.22. The zero-order valence-electron chi connectivity index (χ0n) is 28.2. The number of benzene rings is 5. The van der Waals surface area contributed by atoms with E-state index < -0.39 is 0 Å². The van der Waals surface area contributed by atoms with Crippen LogP contribution in [-0.4, -0.2) is 16.7 Å². The molecule has 50 heavy (non-hydrogen) atoms. The number of aryl methyl sites for hydroxylation is 4. The Balaban J connectivity index is 0.000000236. The van der Waals surface area contributed by atoms with Gasteiger partial charge in [0.1, 0.15) is 17.2 Å². The molecule has 0 fully saturated rings. The first-order chi connectivity index (χ1) is 23.9. The van der Waals surface area contributed by atoms with Crippen molar-refractivity contribution in [2.75, 3.05) is 0 Å². The number of aromatic nitrogens is 2. The van der Waals surface area contributed by atoms with E-state index in [1.165, 1.54) is 27.8 Å². The van der Waals surface area contributed by atoms with E-state index in [2.05, 4.69) is 86.4 Å². The van der Waals surface area contributed by atoms with E-state index in [1.54, 1.807) is 0 Å². The van der Waals surface area contributed by atoms with Crippen molar-refractivity contribution in [1.29, 1.82) is 0 Å². The third-order valence-electron chi connectivity index (χ3n) is 9.20. The third-order valence-corrected chi connectivity index (χ3v) is 9.20. The van der Waals surface area contributed by atoms with Gasteiger partial charge in [0.05, 0.1) is 0 Å². The Labute approximate surface area is 307 Å². The first kappa shape index (κ1) is 33.2. The molecule has 2 aliphatic rings. The van der Waals surface area contributed by atoms with E-state index in [4.69, 9.17) is 14.5 Å². The molecule has 0 bridgehead atoms. The van der Waals surface area contributed by atoms with Crippen molar-refractivity contribution in [1.82, 2.24) is 9.97 Å². The fourth-order valence-corrected chi connectivity index (χ4v) is 6.80. The zero-order chi connectivity index (χ0) is 33.5. The van der Waals surface area contributed by atoms with Crippen LogP contribution >= 0.6 is 0 Å². The number of ether oxygens (including phenoxy) is 2. The molecule has 0 saturated heterocycles. The van der Waals surface area contributed by atoms with Crippen molar-refractivity contribution in [3.05, 3.63) is 162 Å². The first-order valence-corrected chi connectivity index (χ1v) is 16.5. The number of fused-ring (bicyclic) bond motifs is 4. The van der Waals surface area contributed by atoms with Gasteiger partial charge in [-0.3, -0.25) is 0 Å². The van der Waals surface area contributed by atoms with Gasteiger partial charge < -0.3 is 19.4 Å². The Morgan fingerprint density at radius 1 is 0.560 bits per heavy atom. The molecular formula is C44H33BIrN2O2-2. The van der Waals surface area contributed by atoms with E-state index in [9.17, 15) is 0 Å². The Bertz CT molecular complexity index is 2340. The van der Waals surface area contributed by atoms with Crippen molar-refractivity contribution in [3.8, 4) is 56.6 Å². The Morgan fingerprint density at radius 3 is 2.06 bits per heavy atom. The van der Waals surface area contributed by atoms with Gasteiger partial charge in [0, 0.05) is 49.3 Å². The normalized spacial score (nSPS) is 11.7. The second-order valence-electron chi connectivity index (χ2n) is 12.7. The molecular weight excluding hydrogens is 792 g/mol. The summed E-state index contributed by atoms with van der Waals surface area (Å²) in [7, 11) is 0. The summed E-state index contributed by atoms with van der Waals surface area (Å²) in [5, 5.41) is 0. The molecule has 5 aromatic carbocycles. The number of rotatable bonds is 3. The number of para-hydroxylation sites is 1. The van der Waals surface area contributed by atoms with Crippen LogP contribution in [0.3, 0.4) is 0 Å². The van der Waals surface area contributed by atoms with Crippen LogP contribution < -0.4 is 25.9 Å². The Hall–Kier alpha value is -5.29. The summed E-state index contributed by atoms with van der Waals surface area (Å²) in [6, 6.07) is 45.6. The van der Waals surface area contributed by atoms with Crippen LogP contribution in [0.5, 0.6) is 23.0 Å². The van der Waals surface area contributed by atoms with Gasteiger partial charge in [-0.2, -0.15) is 0 Å². The number of nitrogens with zero attached hydrogens (tertiary/aromatic N) is 2. The minimum atomic E-state index is 0. The van der Waals surface area contributed by atoms with Gasteiger partial charge in [-0.25, -0.2) is 0 Å². The molecule has 2 aliphatic heterocycles. The quantitative estimate of drug-likeness (QED) is 0.132. The van der Waals surface area contributed by atoms with E-state index in [-0.39, 0.29) is 26.8 Å². The summed E-state index contributed by atoms with van der Waals surface area (Å²) in [6.45, 7) is 8.49. The summed E-state index contributed by atoms with van der Waals surface area (Å²) in [5.41, 5.74) is 14.3. The van der Waals surface area contributed by atoms with Gasteiger partial charge in [0.25, 0.3) is 0 Å². The van der Waals surface area contributed by atoms with Crippen LogP contribution in [0, 0.1) is 39.8 Å². The first-order valence-electron chi connectivity index (χ1n) is 16.5. The van der Waals surface area contributed by atoms with Gasteiger partial charge in [-0.05, 0) is 85.0 Å².